The van der Waals surface area contributed by atoms with Crippen LogP contribution in [0.4, 0.5) is 0 Å². The summed E-state index contributed by atoms with van der Waals surface area (Å²) < 4.78 is 21.3. The second kappa shape index (κ2) is 8.54. The lowest BCUT2D eigenvalue weighted by molar-refractivity contribution is -0.136. The Balaban J connectivity index is 5.23. The maximum Gasteiger partial charge on any atom is 0.345 e. The van der Waals surface area contributed by atoms with Crippen molar-refractivity contribution in [3.8, 4) is 0 Å². The molecule has 0 amide bonds. The smallest absolute Gasteiger partial charge is 0.345 e. The lowest BCUT2D eigenvalue weighted by Gasteiger charge is -2.38. The molecule has 0 aromatic heterocycles. The van der Waals surface area contributed by atoms with Gasteiger partial charge in [0.2, 0.25) is 0 Å². The molecule has 0 aromatic carbocycles. The molecule has 5 nitrogen and oxygen atoms in total. The van der Waals surface area contributed by atoms with Gasteiger partial charge in [-0.3, -0.25) is 0 Å². The van der Waals surface area contributed by atoms with Crippen molar-refractivity contribution in [3.63, 3.8) is 0 Å². The van der Waals surface area contributed by atoms with Crippen LogP contribution in [0.2, 0.25) is 18.1 Å². The van der Waals surface area contributed by atoms with Crippen molar-refractivity contribution in [2.45, 2.75) is 58.4 Å². The Morgan fingerprint density at radius 3 is 1.91 bits per heavy atom. The van der Waals surface area contributed by atoms with Crippen LogP contribution < -0.4 is 0 Å². The van der Waals surface area contributed by atoms with Gasteiger partial charge in [-0.15, -0.1) is 0 Å². The van der Waals surface area contributed by atoms with Gasteiger partial charge in [-0.1, -0.05) is 27.4 Å². The topological polar surface area (TPSA) is 54.0 Å². The molecule has 0 unspecified atom stereocenters. The number of ether oxygens (including phenoxy) is 3. The van der Waals surface area contributed by atoms with Crippen molar-refractivity contribution in [1.82, 2.24) is 0 Å². The quantitative estimate of drug-likeness (QED) is 0.219. The third-order valence-corrected chi connectivity index (χ3v) is 8.76. The Labute approximate surface area is 141 Å². The second-order valence-corrected chi connectivity index (χ2v) is 11.8. The zero-order valence-electron chi connectivity index (χ0n) is 16.0. The first kappa shape index (κ1) is 21.7. The molecule has 23 heavy (non-hydrogen) atoms. The number of hydrogen-bond acceptors (Lipinski definition) is 5. The van der Waals surface area contributed by atoms with Gasteiger partial charge >= 0.3 is 5.97 Å². The van der Waals surface area contributed by atoms with Gasteiger partial charge in [0.25, 0.3) is 5.95 Å². The van der Waals surface area contributed by atoms with E-state index >= 15 is 0 Å². The largest absolute Gasteiger partial charge is 0.468 e. The van der Waals surface area contributed by atoms with Crippen molar-refractivity contribution in [2.24, 2.45) is 0 Å². The minimum Gasteiger partial charge on any atom is -0.468 e. The van der Waals surface area contributed by atoms with Gasteiger partial charge in [0.1, 0.15) is 5.57 Å². The zero-order chi connectivity index (χ0) is 18.4. The third kappa shape index (κ3) is 6.03. The Morgan fingerprint density at radius 2 is 1.57 bits per heavy atom. The van der Waals surface area contributed by atoms with Crippen LogP contribution in [0.1, 0.15) is 34.1 Å². The van der Waals surface area contributed by atoms with E-state index < -0.39 is 14.3 Å². The molecule has 134 valence electrons. The van der Waals surface area contributed by atoms with E-state index in [1.807, 2.05) is 6.92 Å². The van der Waals surface area contributed by atoms with Gasteiger partial charge in [0, 0.05) is 6.10 Å². The number of hydrogen-bond donors (Lipinski definition) is 0. The third-order valence-electron chi connectivity index (χ3n) is 4.15. The Bertz CT molecular complexity index is 454. The highest BCUT2D eigenvalue weighted by atomic mass is 28.4. The lowest BCUT2D eigenvalue weighted by atomic mass is 10.0. The average molecular weight is 345 g/mol. The fraction of sp³-hybridized carbons (Fsp3) is 0.706. The molecule has 0 radical (unpaired) electrons. The second-order valence-electron chi connectivity index (χ2n) is 7.06. The highest BCUT2D eigenvalue weighted by Gasteiger charge is 2.38. The van der Waals surface area contributed by atoms with Crippen LogP contribution >= 0.6 is 0 Å². The Morgan fingerprint density at radius 1 is 1.09 bits per heavy atom. The summed E-state index contributed by atoms with van der Waals surface area (Å²) in [5.41, 5.74) is 0.782. The van der Waals surface area contributed by atoms with Crippen molar-refractivity contribution in [2.75, 3.05) is 21.3 Å². The zero-order valence-corrected chi connectivity index (χ0v) is 17.0. The molecule has 0 spiro atoms. The van der Waals surface area contributed by atoms with E-state index in [9.17, 15) is 4.79 Å². The predicted molar refractivity (Wildman–Crippen MR) is 94.6 cm³/mol. The molecule has 0 aliphatic heterocycles. The van der Waals surface area contributed by atoms with E-state index in [0.29, 0.717) is 12.0 Å². The number of methoxy groups -OCH3 is 3. The van der Waals surface area contributed by atoms with E-state index in [0.717, 1.165) is 0 Å². The summed E-state index contributed by atoms with van der Waals surface area (Å²) in [7, 11) is 2.30. The molecule has 6 heteroatoms. The van der Waals surface area contributed by atoms with Crippen LogP contribution in [0.3, 0.4) is 0 Å². The number of carbonyl (C=O) groups excluding carboxylic acids is 1. The summed E-state index contributed by atoms with van der Waals surface area (Å²) in [5, 5.41) is 0.119. The van der Waals surface area contributed by atoms with Gasteiger partial charge in [0.05, 0.1) is 21.3 Å². The summed E-state index contributed by atoms with van der Waals surface area (Å²) in [6.07, 6.45) is 0.422. The standard InChI is InChI=1S/C17H32O5Si/c1-12(14(15(18)19-6)16(20-7)21-8)11-13(2)22-23(9,10)17(3,4)5/h13H,1,11H2,2-10H3/t13-/m1/s1. The van der Waals surface area contributed by atoms with Crippen LogP contribution in [0.5, 0.6) is 0 Å². The van der Waals surface area contributed by atoms with E-state index in [1.165, 1.54) is 21.3 Å². The van der Waals surface area contributed by atoms with Gasteiger partial charge in [0.15, 0.2) is 8.32 Å². The van der Waals surface area contributed by atoms with Crippen LogP contribution in [-0.2, 0) is 23.4 Å². The fourth-order valence-corrected chi connectivity index (χ4v) is 3.37. The summed E-state index contributed by atoms with van der Waals surface area (Å²) >= 11 is 0. The Hall–Kier alpha value is -1.27. The maximum absolute atomic E-state index is 12.0. The van der Waals surface area contributed by atoms with Crippen LogP contribution in [0.15, 0.2) is 23.7 Å². The first-order chi connectivity index (χ1) is 10.4. The van der Waals surface area contributed by atoms with Gasteiger partial charge < -0.3 is 18.6 Å². The molecule has 0 N–H and O–H groups in total. The fourth-order valence-electron chi connectivity index (χ4n) is 1.93. The summed E-state index contributed by atoms with van der Waals surface area (Å²) in [6, 6.07) is 0. The number of esters is 1. The van der Waals surface area contributed by atoms with Crippen molar-refractivity contribution in [3.05, 3.63) is 23.7 Å². The highest BCUT2D eigenvalue weighted by molar-refractivity contribution is 6.74. The van der Waals surface area contributed by atoms with Crippen molar-refractivity contribution in [1.29, 1.82) is 0 Å². The van der Waals surface area contributed by atoms with Gasteiger partial charge in [-0.25, -0.2) is 4.79 Å². The molecule has 0 fully saturated rings. The normalized spacial score (nSPS) is 13.1. The lowest BCUT2D eigenvalue weighted by Crippen LogP contribution is -2.43. The maximum atomic E-state index is 12.0. The molecule has 0 aliphatic rings. The molecular weight excluding hydrogens is 312 g/mol. The molecule has 0 saturated carbocycles. The van der Waals surface area contributed by atoms with E-state index in [-0.39, 0.29) is 22.7 Å². The van der Waals surface area contributed by atoms with E-state index in [4.69, 9.17) is 18.6 Å². The van der Waals surface area contributed by atoms with Crippen LogP contribution in [0.25, 0.3) is 0 Å². The molecule has 0 aromatic rings. The minimum atomic E-state index is -1.88. The first-order valence-corrected chi connectivity index (χ1v) is 10.6. The predicted octanol–water partition coefficient (Wildman–Crippen LogP) is 4.02. The molecule has 1 atom stereocenters. The van der Waals surface area contributed by atoms with Gasteiger partial charge in [-0.05, 0) is 37.0 Å². The summed E-state index contributed by atoms with van der Waals surface area (Å²) in [5.74, 6) is -0.436. The van der Waals surface area contributed by atoms with Crippen LogP contribution in [0, 0.1) is 0 Å². The van der Waals surface area contributed by atoms with E-state index in [1.54, 1.807) is 0 Å². The van der Waals surface area contributed by atoms with E-state index in [2.05, 4.69) is 40.4 Å². The minimum absolute atomic E-state index is 0.0713. The molecule has 0 bridgehead atoms. The summed E-state index contributed by atoms with van der Waals surface area (Å²) in [6.45, 7) is 16.9. The molecule has 0 heterocycles. The average Bonchev–Trinajstić information content (AvgIpc) is 2.41. The van der Waals surface area contributed by atoms with Crippen LogP contribution in [-0.4, -0.2) is 41.7 Å². The Kier molecular flexibility index (Phi) is 8.07. The molecule has 0 saturated heterocycles. The molecule has 0 aliphatic carbocycles. The van der Waals surface area contributed by atoms with Crippen molar-refractivity contribution < 1.29 is 23.4 Å². The number of carbonyl (C=O) groups is 1. The van der Waals surface area contributed by atoms with Gasteiger partial charge in [-0.2, -0.15) is 0 Å². The highest BCUT2D eigenvalue weighted by Crippen LogP contribution is 2.38. The monoisotopic (exact) mass is 344 g/mol. The molecule has 0 rings (SSSR count). The van der Waals surface area contributed by atoms with Crippen molar-refractivity contribution >= 4 is 14.3 Å². The summed E-state index contributed by atoms with van der Waals surface area (Å²) in [4.78, 5) is 12.0. The molecular formula is C17H32O5Si. The first-order valence-electron chi connectivity index (χ1n) is 7.67. The SMILES string of the molecule is C=C(C[C@@H](C)O[Si](C)(C)C(C)(C)C)C(C(=O)OC)=C(OC)OC. The number of rotatable bonds is 8.